The van der Waals surface area contributed by atoms with Gasteiger partial charge in [0.05, 0.1) is 16.4 Å². The molecular weight excluding hydrogens is 275 g/mol. The number of nitrogens with zero attached hydrogens (tertiary/aromatic N) is 1. The van der Waals surface area contributed by atoms with Crippen LogP contribution in [-0.4, -0.2) is 13.1 Å². The lowest BCUT2D eigenvalue weighted by Crippen LogP contribution is -2.28. The Morgan fingerprint density at radius 3 is 2.05 bits per heavy atom. The molecule has 1 rings (SSSR count). The van der Waals surface area contributed by atoms with Gasteiger partial charge in [-0.25, -0.2) is 4.39 Å². The first kappa shape index (κ1) is 17.1. The zero-order valence-corrected chi connectivity index (χ0v) is 13.7. The van der Waals surface area contributed by atoms with Gasteiger partial charge in [-0.2, -0.15) is 0 Å². The van der Waals surface area contributed by atoms with E-state index >= 15 is 0 Å². The fourth-order valence-electron chi connectivity index (χ4n) is 2.01. The highest BCUT2D eigenvalue weighted by atomic mass is 35.5. The highest BCUT2D eigenvalue weighted by Crippen LogP contribution is 2.30. The van der Waals surface area contributed by atoms with E-state index in [9.17, 15) is 4.39 Å². The molecule has 0 aliphatic heterocycles. The lowest BCUT2D eigenvalue weighted by molar-refractivity contribution is 0.535. The van der Waals surface area contributed by atoms with Gasteiger partial charge in [-0.05, 0) is 30.7 Å². The van der Waals surface area contributed by atoms with E-state index in [1.165, 1.54) is 6.07 Å². The molecule has 1 aromatic carbocycles. The fourth-order valence-corrected chi connectivity index (χ4v) is 2.16. The zero-order valence-electron chi connectivity index (χ0n) is 12.9. The molecule has 0 bridgehead atoms. The molecule has 0 atom stereocenters. The summed E-state index contributed by atoms with van der Waals surface area (Å²) in [5.74, 6) is 0.781. The van der Waals surface area contributed by atoms with Crippen molar-refractivity contribution in [3.05, 3.63) is 23.0 Å². The Labute approximate surface area is 127 Å². The van der Waals surface area contributed by atoms with Crippen LogP contribution in [0.4, 0.5) is 15.8 Å². The lowest BCUT2D eigenvalue weighted by atomic mass is 10.1. The van der Waals surface area contributed by atoms with E-state index in [1.54, 1.807) is 6.07 Å². The van der Waals surface area contributed by atoms with Gasteiger partial charge in [0.2, 0.25) is 0 Å². The van der Waals surface area contributed by atoms with Crippen LogP contribution in [0.1, 0.15) is 40.5 Å². The predicted molar refractivity (Wildman–Crippen MR) is 86.9 cm³/mol. The van der Waals surface area contributed by atoms with Crippen molar-refractivity contribution in [2.45, 2.75) is 40.5 Å². The van der Waals surface area contributed by atoms with Gasteiger partial charge >= 0.3 is 0 Å². The molecule has 1 aromatic rings. The normalized spacial score (nSPS) is 11.4. The Hall–Kier alpha value is -0.960. The van der Waals surface area contributed by atoms with Crippen molar-refractivity contribution < 1.29 is 4.39 Å². The molecule has 0 radical (unpaired) electrons. The van der Waals surface area contributed by atoms with Crippen LogP contribution in [-0.2, 0) is 0 Å². The molecule has 0 fully saturated rings. The van der Waals surface area contributed by atoms with Crippen molar-refractivity contribution >= 4 is 23.0 Å². The quantitative estimate of drug-likeness (QED) is 0.721. The van der Waals surface area contributed by atoms with Gasteiger partial charge in [0, 0.05) is 19.2 Å². The SMILES string of the molecule is CC(C)CCN(CCC(C)C)c1cc(Cl)c(F)cc1N. The molecule has 0 aliphatic rings. The van der Waals surface area contributed by atoms with Crippen LogP contribution >= 0.6 is 11.6 Å². The summed E-state index contributed by atoms with van der Waals surface area (Å²) in [5.41, 5.74) is 7.27. The Bertz CT molecular complexity index is 421. The molecule has 20 heavy (non-hydrogen) atoms. The summed E-state index contributed by atoms with van der Waals surface area (Å²) in [7, 11) is 0. The van der Waals surface area contributed by atoms with Crippen LogP contribution in [0.3, 0.4) is 0 Å². The number of rotatable bonds is 7. The van der Waals surface area contributed by atoms with E-state index < -0.39 is 5.82 Å². The zero-order chi connectivity index (χ0) is 15.3. The van der Waals surface area contributed by atoms with Gasteiger partial charge in [0.1, 0.15) is 5.82 Å². The summed E-state index contributed by atoms with van der Waals surface area (Å²) in [6.07, 6.45) is 2.15. The first-order valence-electron chi connectivity index (χ1n) is 7.30. The second-order valence-electron chi connectivity index (χ2n) is 6.18. The number of nitrogen functional groups attached to an aromatic ring is 1. The lowest BCUT2D eigenvalue weighted by Gasteiger charge is -2.28. The maximum atomic E-state index is 13.4. The third-order valence-electron chi connectivity index (χ3n) is 3.36. The monoisotopic (exact) mass is 300 g/mol. The van der Waals surface area contributed by atoms with E-state index in [1.807, 2.05) is 0 Å². The number of halogens is 2. The van der Waals surface area contributed by atoms with Crippen LogP contribution in [0, 0.1) is 17.7 Å². The predicted octanol–water partition coefficient (Wildman–Crippen LogP) is 4.96. The number of hydrogen-bond acceptors (Lipinski definition) is 2. The van der Waals surface area contributed by atoms with Crippen LogP contribution in [0.15, 0.2) is 12.1 Å². The summed E-state index contributed by atoms with van der Waals surface area (Å²) >= 11 is 5.90. The van der Waals surface area contributed by atoms with Gasteiger partial charge in [0.25, 0.3) is 0 Å². The van der Waals surface area contributed by atoms with Gasteiger partial charge < -0.3 is 10.6 Å². The molecular formula is C16H26ClFN2. The van der Waals surface area contributed by atoms with Crippen LogP contribution in [0.25, 0.3) is 0 Å². The smallest absolute Gasteiger partial charge is 0.143 e. The summed E-state index contributed by atoms with van der Waals surface area (Å²) < 4.78 is 13.4. The fraction of sp³-hybridized carbons (Fsp3) is 0.625. The minimum absolute atomic E-state index is 0.133. The van der Waals surface area contributed by atoms with Gasteiger partial charge in [-0.3, -0.25) is 0 Å². The van der Waals surface area contributed by atoms with Gasteiger partial charge in [0.15, 0.2) is 0 Å². The Morgan fingerprint density at radius 2 is 1.60 bits per heavy atom. The van der Waals surface area contributed by atoms with E-state index in [4.69, 9.17) is 17.3 Å². The van der Waals surface area contributed by atoms with Crippen LogP contribution in [0.5, 0.6) is 0 Å². The summed E-state index contributed by atoms with van der Waals surface area (Å²) in [6.45, 7) is 10.6. The minimum Gasteiger partial charge on any atom is -0.397 e. The average Bonchev–Trinajstić information content (AvgIpc) is 2.34. The second-order valence-corrected chi connectivity index (χ2v) is 6.58. The van der Waals surface area contributed by atoms with Gasteiger partial charge in [-0.15, -0.1) is 0 Å². The van der Waals surface area contributed by atoms with Crippen molar-refractivity contribution in [2.24, 2.45) is 11.8 Å². The largest absolute Gasteiger partial charge is 0.397 e. The molecule has 4 heteroatoms. The van der Waals surface area contributed by atoms with Crippen molar-refractivity contribution in [3.8, 4) is 0 Å². The highest BCUT2D eigenvalue weighted by Gasteiger charge is 2.14. The molecule has 0 unspecified atom stereocenters. The summed E-state index contributed by atoms with van der Waals surface area (Å²) in [4.78, 5) is 2.22. The minimum atomic E-state index is -0.458. The molecule has 0 heterocycles. The van der Waals surface area contributed by atoms with E-state index in [2.05, 4.69) is 32.6 Å². The molecule has 0 amide bonds. The van der Waals surface area contributed by atoms with Crippen LogP contribution in [0.2, 0.25) is 5.02 Å². The topological polar surface area (TPSA) is 29.3 Å². The highest BCUT2D eigenvalue weighted by molar-refractivity contribution is 6.31. The maximum Gasteiger partial charge on any atom is 0.143 e. The Kier molecular flexibility index (Phi) is 6.60. The average molecular weight is 301 g/mol. The number of anilines is 2. The van der Waals surface area contributed by atoms with Crippen molar-refractivity contribution in [2.75, 3.05) is 23.7 Å². The molecule has 0 aromatic heterocycles. The van der Waals surface area contributed by atoms with Crippen LogP contribution < -0.4 is 10.6 Å². The first-order valence-corrected chi connectivity index (χ1v) is 7.68. The molecule has 2 nitrogen and oxygen atoms in total. The van der Waals surface area contributed by atoms with Crippen molar-refractivity contribution in [3.63, 3.8) is 0 Å². The standard InChI is InChI=1S/C16H26ClFN2/c1-11(2)5-7-20(8-6-12(3)4)16-9-13(17)14(18)10-15(16)19/h9-12H,5-8,19H2,1-4H3. The van der Waals surface area contributed by atoms with E-state index in [0.717, 1.165) is 31.6 Å². The maximum absolute atomic E-state index is 13.4. The van der Waals surface area contributed by atoms with Crippen molar-refractivity contribution in [1.82, 2.24) is 0 Å². The van der Waals surface area contributed by atoms with E-state index in [0.29, 0.717) is 17.5 Å². The van der Waals surface area contributed by atoms with Crippen molar-refractivity contribution in [1.29, 1.82) is 0 Å². The molecule has 0 saturated carbocycles. The third kappa shape index (κ3) is 5.20. The molecule has 0 saturated heterocycles. The summed E-state index contributed by atoms with van der Waals surface area (Å²) in [5, 5.41) is 0.133. The molecule has 0 spiro atoms. The molecule has 114 valence electrons. The second kappa shape index (κ2) is 7.72. The number of hydrogen-bond donors (Lipinski definition) is 1. The summed E-state index contributed by atoms with van der Waals surface area (Å²) in [6, 6.07) is 2.96. The first-order chi connectivity index (χ1) is 9.31. The van der Waals surface area contributed by atoms with Gasteiger partial charge in [-0.1, -0.05) is 39.3 Å². The Morgan fingerprint density at radius 1 is 1.10 bits per heavy atom. The molecule has 2 N–H and O–H groups in total. The van der Waals surface area contributed by atoms with E-state index in [-0.39, 0.29) is 5.02 Å². The third-order valence-corrected chi connectivity index (χ3v) is 3.65. The molecule has 0 aliphatic carbocycles. The Balaban J connectivity index is 2.93. The number of benzene rings is 1. The number of nitrogens with two attached hydrogens (primary N) is 1.